The number of pyridine rings is 1. The third-order valence-electron chi connectivity index (χ3n) is 3.66. The average molecular weight is 311 g/mol. The zero-order valence-electron chi connectivity index (χ0n) is 17.4. The Kier molecular flexibility index (Phi) is 2.81. The lowest BCUT2D eigenvalue weighted by atomic mass is 10.1. The number of hydrogen-bond acceptors (Lipinski definition) is 2. The molecular weight excluding hydrogens is 286 g/mol. The number of likely N-dealkylation sites (N-methyl/N-ethyl adjacent to an activating group) is 1. The van der Waals surface area contributed by atoms with Gasteiger partial charge in [-0.3, -0.25) is 4.79 Å². The largest absolute Gasteiger partial charge is 0.348 e. The van der Waals surface area contributed by atoms with Crippen molar-refractivity contribution in [2.24, 2.45) is 0 Å². The molecule has 0 saturated heterocycles. The molecule has 3 rings (SSSR count). The molecule has 0 aliphatic carbocycles. The fourth-order valence-corrected chi connectivity index (χ4v) is 2.39. The van der Waals surface area contributed by atoms with Crippen LogP contribution in [0.15, 0.2) is 42.6 Å². The maximum Gasteiger partial charge on any atom is 0.228 e. The third-order valence-corrected chi connectivity index (χ3v) is 3.66. The monoisotopic (exact) mass is 311 g/mol. The molecule has 1 unspecified atom stereocenters. The number of carbonyl (C=O) groups is 1. The van der Waals surface area contributed by atoms with E-state index in [2.05, 4.69) is 4.98 Å². The number of nitrogens with zero attached hydrogens (tertiary/aromatic N) is 3. The van der Waals surface area contributed by atoms with Crippen LogP contribution in [0.2, 0.25) is 0 Å². The van der Waals surface area contributed by atoms with Crippen molar-refractivity contribution < 1.29 is 10.3 Å². The number of hydrogen-bond donors (Lipinski definition) is 0. The first-order valence-corrected chi connectivity index (χ1v) is 7.32. The van der Waals surface area contributed by atoms with E-state index in [-0.39, 0.29) is 11.5 Å². The van der Waals surface area contributed by atoms with E-state index >= 15 is 0 Å². The van der Waals surface area contributed by atoms with E-state index in [0.717, 1.165) is 5.56 Å². The number of benzene rings is 1. The van der Waals surface area contributed by atoms with Crippen LogP contribution in [-0.2, 0) is 11.2 Å². The Labute approximate surface area is 142 Å². The summed E-state index contributed by atoms with van der Waals surface area (Å²) < 4.78 is 32.8. The molecule has 23 heavy (non-hydrogen) atoms. The van der Waals surface area contributed by atoms with Gasteiger partial charge >= 0.3 is 0 Å². The van der Waals surface area contributed by atoms with Crippen LogP contribution in [0, 0.1) is 13.8 Å². The molecule has 2 heterocycles. The molecule has 0 aliphatic heterocycles. The van der Waals surface area contributed by atoms with Gasteiger partial charge in [0.1, 0.15) is 5.65 Å². The minimum Gasteiger partial charge on any atom is -0.348 e. The highest BCUT2D eigenvalue weighted by Crippen LogP contribution is 2.26. The molecule has 0 aliphatic rings. The molecule has 0 fully saturated rings. The Bertz CT molecular complexity index is 991. The number of amides is 1. The Morgan fingerprint density at radius 3 is 2.57 bits per heavy atom. The average Bonchev–Trinajstić information content (AvgIpc) is 2.98. The van der Waals surface area contributed by atoms with Gasteiger partial charge in [0, 0.05) is 31.3 Å². The van der Waals surface area contributed by atoms with Crippen molar-refractivity contribution in [1.82, 2.24) is 14.3 Å². The zero-order valence-corrected chi connectivity index (χ0v) is 13.4. The molecule has 2 aromatic heterocycles. The van der Waals surface area contributed by atoms with Gasteiger partial charge in [-0.25, -0.2) is 4.98 Å². The summed E-state index contributed by atoms with van der Waals surface area (Å²) in [5.74, 6) is -0.348. The molecule has 1 aromatic carbocycles. The van der Waals surface area contributed by atoms with E-state index in [4.69, 9.17) is 5.48 Å². The summed E-state index contributed by atoms with van der Waals surface area (Å²) >= 11 is 0. The topological polar surface area (TPSA) is 37.6 Å². The lowest BCUT2D eigenvalue weighted by Gasteiger charge is -2.11. The lowest BCUT2D eigenvalue weighted by Crippen LogP contribution is -2.24. The smallest absolute Gasteiger partial charge is 0.228 e. The second-order valence-electron chi connectivity index (χ2n) is 5.73. The number of aryl methyl sites for hydroxylation is 2. The summed E-state index contributed by atoms with van der Waals surface area (Å²) in [6.45, 7) is -0.253. The zero-order chi connectivity index (χ0) is 19.9. The predicted molar refractivity (Wildman–Crippen MR) is 92.5 cm³/mol. The maximum atomic E-state index is 12.5. The highest BCUT2D eigenvalue weighted by molar-refractivity contribution is 5.81. The molecule has 0 radical (unpaired) electrons. The summed E-state index contributed by atoms with van der Waals surface area (Å²) in [6.07, 6.45) is 0.705. The molecule has 4 nitrogen and oxygen atoms in total. The Morgan fingerprint density at radius 1 is 1.22 bits per heavy atom. The van der Waals surface area contributed by atoms with E-state index in [1.165, 1.54) is 17.0 Å². The van der Waals surface area contributed by atoms with Crippen molar-refractivity contribution in [3.8, 4) is 11.3 Å². The molecule has 0 bridgehead atoms. The van der Waals surface area contributed by atoms with Crippen molar-refractivity contribution in [3.63, 3.8) is 0 Å². The van der Waals surface area contributed by atoms with Gasteiger partial charge in [-0.1, -0.05) is 35.9 Å². The van der Waals surface area contributed by atoms with E-state index in [1.807, 2.05) is 25.3 Å². The number of fused-ring (bicyclic) bond motifs is 1. The molecular formula is C19H21N3O. The quantitative estimate of drug-likeness (QED) is 0.744. The Balaban J connectivity index is 2.20. The van der Waals surface area contributed by atoms with Crippen LogP contribution in [0.25, 0.3) is 16.9 Å². The van der Waals surface area contributed by atoms with Crippen LogP contribution in [0.3, 0.4) is 0 Å². The number of aromatic nitrogens is 2. The first-order valence-electron chi connectivity index (χ1n) is 9.40. The third kappa shape index (κ3) is 2.97. The van der Waals surface area contributed by atoms with Crippen molar-refractivity contribution in [2.45, 2.75) is 20.2 Å². The summed E-state index contributed by atoms with van der Waals surface area (Å²) in [6, 6.07) is 10.2. The second kappa shape index (κ2) is 5.88. The molecule has 0 N–H and O–H groups in total. The van der Waals surface area contributed by atoms with E-state index in [1.54, 1.807) is 30.6 Å². The second-order valence-corrected chi connectivity index (χ2v) is 5.73. The van der Waals surface area contributed by atoms with Gasteiger partial charge in [0.05, 0.1) is 17.8 Å². The van der Waals surface area contributed by atoms with Crippen LogP contribution >= 0.6 is 0 Å². The molecule has 4 heteroatoms. The van der Waals surface area contributed by atoms with Crippen LogP contribution < -0.4 is 0 Å². The van der Waals surface area contributed by atoms with E-state index in [9.17, 15) is 4.79 Å². The first kappa shape index (κ1) is 11.0. The van der Waals surface area contributed by atoms with Gasteiger partial charge in [-0.2, -0.15) is 0 Å². The van der Waals surface area contributed by atoms with Crippen LogP contribution in [0.5, 0.6) is 0 Å². The summed E-state index contributed by atoms with van der Waals surface area (Å²) in [7, 11) is 3.23. The van der Waals surface area contributed by atoms with Gasteiger partial charge < -0.3 is 9.30 Å². The van der Waals surface area contributed by atoms with Crippen LogP contribution in [-0.4, -0.2) is 34.3 Å². The van der Waals surface area contributed by atoms with E-state index in [0.29, 0.717) is 22.6 Å². The fraction of sp³-hybridized carbons (Fsp3) is 0.263. The summed E-state index contributed by atoms with van der Waals surface area (Å²) in [4.78, 5) is 18.5. The van der Waals surface area contributed by atoms with Crippen molar-refractivity contribution in [3.05, 3.63) is 59.4 Å². The van der Waals surface area contributed by atoms with Crippen molar-refractivity contribution >= 4 is 11.6 Å². The number of rotatable bonds is 3. The van der Waals surface area contributed by atoms with Gasteiger partial charge in [0.15, 0.2) is 0 Å². The van der Waals surface area contributed by atoms with Crippen LogP contribution in [0.4, 0.5) is 0 Å². The summed E-state index contributed by atoms with van der Waals surface area (Å²) in [5, 5.41) is 0. The summed E-state index contributed by atoms with van der Waals surface area (Å²) in [5.41, 5.74) is 3.49. The first-order chi connectivity index (χ1) is 12.6. The SMILES string of the molecule is [2H]C(C(=O)N(C)C)c1c(-c2ccc(C([2H])([2H])[2H])cc2)nc2ccc(C)cn12. The van der Waals surface area contributed by atoms with Gasteiger partial charge in [0.2, 0.25) is 5.91 Å². The Morgan fingerprint density at radius 2 is 1.91 bits per heavy atom. The van der Waals surface area contributed by atoms with Gasteiger partial charge in [-0.05, 0) is 25.4 Å². The molecule has 1 atom stereocenters. The van der Waals surface area contributed by atoms with Crippen molar-refractivity contribution in [2.75, 3.05) is 14.1 Å². The highest BCUT2D eigenvalue weighted by atomic mass is 16.2. The molecule has 118 valence electrons. The van der Waals surface area contributed by atoms with E-state index < -0.39 is 13.2 Å². The minimum absolute atomic E-state index is 0.235. The highest BCUT2D eigenvalue weighted by Gasteiger charge is 2.18. The van der Waals surface area contributed by atoms with Gasteiger partial charge in [0.25, 0.3) is 0 Å². The molecule has 1 amide bonds. The number of carbonyl (C=O) groups excluding carboxylic acids is 1. The van der Waals surface area contributed by atoms with Gasteiger partial charge in [-0.15, -0.1) is 0 Å². The normalized spacial score (nSPS) is 15.4. The predicted octanol–water partition coefficient (Wildman–Crippen LogP) is 3.25. The molecule has 0 spiro atoms. The fourth-order valence-electron chi connectivity index (χ4n) is 2.39. The lowest BCUT2D eigenvalue weighted by molar-refractivity contribution is -0.128. The standard InChI is InChI=1S/C19H21N3O/c1-13-5-8-15(9-6-13)19-16(11-18(23)21(3)4)22-12-14(2)7-10-17(22)20-19/h5-10,12H,11H2,1-4H3/i1D3,11D. The molecule has 3 aromatic rings. The minimum atomic E-state index is -2.18. The van der Waals surface area contributed by atoms with Crippen LogP contribution in [0.1, 0.15) is 22.3 Å². The Hall–Kier alpha value is -2.62. The number of imidazole rings is 1. The molecule has 0 saturated carbocycles. The van der Waals surface area contributed by atoms with Crippen molar-refractivity contribution in [1.29, 1.82) is 0 Å². The maximum absolute atomic E-state index is 12.5.